The van der Waals surface area contributed by atoms with Crippen molar-refractivity contribution in [3.05, 3.63) is 77.1 Å². The molecule has 2 aromatic heterocycles. The van der Waals surface area contributed by atoms with Crippen LogP contribution < -0.4 is 10.6 Å². The number of nitrogens with zero attached hydrogens (tertiary/aromatic N) is 3. The van der Waals surface area contributed by atoms with Gasteiger partial charge in [-0.2, -0.15) is 0 Å². The second-order valence-electron chi connectivity index (χ2n) is 8.93. The van der Waals surface area contributed by atoms with E-state index in [0.717, 1.165) is 48.6 Å². The summed E-state index contributed by atoms with van der Waals surface area (Å²) < 4.78 is 6.59. The topological polar surface area (TPSA) is 62.3 Å². The first-order valence-corrected chi connectivity index (χ1v) is 12.4. The summed E-state index contributed by atoms with van der Waals surface area (Å²) in [5, 5.41) is 7.04. The van der Waals surface area contributed by atoms with Crippen molar-refractivity contribution in [3.8, 4) is 0 Å². The summed E-state index contributed by atoms with van der Waals surface area (Å²) in [6.45, 7) is 7.14. The zero-order valence-corrected chi connectivity index (χ0v) is 20.1. The van der Waals surface area contributed by atoms with Crippen LogP contribution in [0.25, 0.3) is 10.2 Å². The van der Waals surface area contributed by atoms with Crippen molar-refractivity contribution < 1.29 is 4.74 Å². The van der Waals surface area contributed by atoms with E-state index in [9.17, 15) is 0 Å². The lowest BCUT2D eigenvalue weighted by Crippen LogP contribution is -2.43. The average Bonchev–Trinajstić information content (AvgIpc) is 3.32. The van der Waals surface area contributed by atoms with E-state index in [4.69, 9.17) is 4.74 Å². The monoisotopic (exact) mass is 461 g/mol. The normalized spacial score (nSPS) is 21.8. The predicted octanol–water partition coefficient (Wildman–Crippen LogP) is 4.50. The van der Waals surface area contributed by atoms with Gasteiger partial charge in [0, 0.05) is 49.3 Å². The summed E-state index contributed by atoms with van der Waals surface area (Å²) in [6, 6.07) is 12.6. The summed E-state index contributed by atoms with van der Waals surface area (Å²) in [5.41, 5.74) is 3.48. The molecule has 0 saturated carbocycles. The first-order valence-electron chi connectivity index (χ1n) is 11.6. The van der Waals surface area contributed by atoms with E-state index in [1.54, 1.807) is 24.8 Å². The highest BCUT2D eigenvalue weighted by Crippen LogP contribution is 2.42. The third-order valence-corrected chi connectivity index (χ3v) is 7.97. The van der Waals surface area contributed by atoms with Gasteiger partial charge in [0.05, 0.1) is 22.9 Å². The molecule has 33 heavy (non-hydrogen) atoms. The number of thiophene rings is 1. The molecule has 1 fully saturated rings. The van der Waals surface area contributed by atoms with Crippen molar-refractivity contribution in [2.24, 2.45) is 0 Å². The number of fused-ring (bicyclic) bond motifs is 1. The largest absolute Gasteiger partial charge is 0.382 e. The highest BCUT2D eigenvalue weighted by molar-refractivity contribution is 7.19. The first kappa shape index (κ1) is 22.1. The summed E-state index contributed by atoms with van der Waals surface area (Å²) >= 11 is 1.79. The molecule has 172 valence electrons. The van der Waals surface area contributed by atoms with Gasteiger partial charge in [-0.05, 0) is 24.1 Å². The molecule has 1 aliphatic heterocycles. The Labute approximate surface area is 199 Å². The molecule has 3 aromatic rings. The van der Waals surface area contributed by atoms with Crippen molar-refractivity contribution >= 4 is 27.4 Å². The van der Waals surface area contributed by atoms with Crippen LogP contribution >= 0.6 is 11.3 Å². The Morgan fingerprint density at radius 1 is 1.21 bits per heavy atom. The molecule has 2 N–H and O–H groups in total. The molecule has 0 spiro atoms. The van der Waals surface area contributed by atoms with Crippen LogP contribution in [0.3, 0.4) is 0 Å². The molecule has 1 aromatic carbocycles. The van der Waals surface area contributed by atoms with Crippen LogP contribution in [-0.4, -0.2) is 54.8 Å². The standard InChI is InChI=1S/C26H31N5OS/c1-26(10-8-20(9-11-26)31-14-12-27-13-15-31)23-16-21-24(33-23)25(29-18-28-21)30-22(17-32-2)19-6-4-3-5-7-19/h3-10,16,18,22,27H,11-15,17H2,1-2H3,(H,28,29,30). The lowest BCUT2D eigenvalue weighted by Gasteiger charge is -2.34. The number of piperazine rings is 1. The molecule has 1 aliphatic carbocycles. The van der Waals surface area contributed by atoms with Crippen molar-refractivity contribution in [2.75, 3.05) is 45.2 Å². The number of methoxy groups -OCH3 is 1. The maximum Gasteiger partial charge on any atom is 0.148 e. The van der Waals surface area contributed by atoms with E-state index in [2.05, 4.69) is 81.0 Å². The van der Waals surface area contributed by atoms with Crippen molar-refractivity contribution in [3.63, 3.8) is 0 Å². The molecule has 5 rings (SSSR count). The van der Waals surface area contributed by atoms with Crippen LogP contribution in [0.4, 0.5) is 5.82 Å². The average molecular weight is 462 g/mol. The number of rotatable bonds is 7. The Bertz CT molecular complexity index is 1150. The van der Waals surface area contributed by atoms with Crippen LogP contribution in [0.5, 0.6) is 0 Å². The molecule has 6 nitrogen and oxygen atoms in total. The van der Waals surface area contributed by atoms with E-state index in [0.29, 0.717) is 6.61 Å². The van der Waals surface area contributed by atoms with E-state index in [-0.39, 0.29) is 11.5 Å². The lowest BCUT2D eigenvalue weighted by molar-refractivity contribution is 0.186. The van der Waals surface area contributed by atoms with Gasteiger partial charge in [-0.25, -0.2) is 9.97 Å². The highest BCUT2D eigenvalue weighted by Gasteiger charge is 2.29. The minimum absolute atomic E-state index is 0.0227. The Morgan fingerprint density at radius 3 is 2.76 bits per heavy atom. The maximum atomic E-state index is 5.49. The van der Waals surface area contributed by atoms with Gasteiger partial charge in [0.25, 0.3) is 0 Å². The maximum absolute atomic E-state index is 5.49. The van der Waals surface area contributed by atoms with E-state index < -0.39 is 0 Å². The zero-order valence-electron chi connectivity index (χ0n) is 19.3. The predicted molar refractivity (Wildman–Crippen MR) is 136 cm³/mol. The van der Waals surface area contributed by atoms with Crippen LogP contribution in [0.1, 0.15) is 29.8 Å². The summed E-state index contributed by atoms with van der Waals surface area (Å²) in [5.74, 6) is 0.864. The van der Waals surface area contributed by atoms with Gasteiger partial charge in [0.2, 0.25) is 0 Å². The summed E-state index contributed by atoms with van der Waals surface area (Å²) in [6.07, 6.45) is 9.70. The molecule has 7 heteroatoms. The number of anilines is 1. The van der Waals surface area contributed by atoms with Crippen LogP contribution in [0.2, 0.25) is 0 Å². The fraction of sp³-hybridized carbons (Fsp3) is 0.385. The molecular formula is C26H31N5OS. The smallest absolute Gasteiger partial charge is 0.148 e. The number of ether oxygens (including phenoxy) is 1. The van der Waals surface area contributed by atoms with E-state index >= 15 is 0 Å². The lowest BCUT2D eigenvalue weighted by atomic mass is 9.81. The fourth-order valence-corrected chi connectivity index (χ4v) is 5.74. The van der Waals surface area contributed by atoms with Gasteiger partial charge >= 0.3 is 0 Å². The highest BCUT2D eigenvalue weighted by atomic mass is 32.1. The Morgan fingerprint density at radius 2 is 2.03 bits per heavy atom. The molecule has 1 saturated heterocycles. The molecule has 0 radical (unpaired) electrons. The van der Waals surface area contributed by atoms with Crippen LogP contribution in [0, 0.1) is 0 Å². The molecule has 2 unspecified atom stereocenters. The van der Waals surface area contributed by atoms with Gasteiger partial charge < -0.3 is 20.3 Å². The van der Waals surface area contributed by atoms with Crippen LogP contribution in [-0.2, 0) is 10.2 Å². The third kappa shape index (κ3) is 4.67. The minimum atomic E-state index is -0.0362. The van der Waals surface area contributed by atoms with Crippen LogP contribution in [0.15, 0.2) is 66.7 Å². The number of hydrogen-bond donors (Lipinski definition) is 2. The Kier molecular flexibility index (Phi) is 6.44. The third-order valence-electron chi connectivity index (χ3n) is 6.56. The second-order valence-corrected chi connectivity index (χ2v) is 9.98. The van der Waals surface area contributed by atoms with Gasteiger partial charge in [-0.15, -0.1) is 11.3 Å². The van der Waals surface area contributed by atoms with Gasteiger partial charge in [0.15, 0.2) is 0 Å². The van der Waals surface area contributed by atoms with E-state index in [1.165, 1.54) is 16.1 Å². The minimum Gasteiger partial charge on any atom is -0.382 e. The zero-order chi connectivity index (χ0) is 22.7. The summed E-state index contributed by atoms with van der Waals surface area (Å²) in [7, 11) is 1.73. The van der Waals surface area contributed by atoms with Gasteiger partial charge in [-0.1, -0.05) is 49.4 Å². The molecule has 0 bridgehead atoms. The molecule has 2 aliphatic rings. The van der Waals surface area contributed by atoms with E-state index in [1.807, 2.05) is 6.07 Å². The quantitative estimate of drug-likeness (QED) is 0.540. The SMILES string of the molecule is COCC(Nc1ncnc2cc(C3(C)C=CC(N4CCNCC4)=CC3)sc12)c1ccccc1. The summed E-state index contributed by atoms with van der Waals surface area (Å²) in [4.78, 5) is 13.0. The number of aromatic nitrogens is 2. The van der Waals surface area contributed by atoms with Crippen molar-refractivity contribution in [1.29, 1.82) is 0 Å². The first-order chi connectivity index (χ1) is 16.2. The Balaban J connectivity index is 1.40. The fourth-order valence-electron chi connectivity index (χ4n) is 4.54. The van der Waals surface area contributed by atoms with Crippen molar-refractivity contribution in [2.45, 2.75) is 24.8 Å². The Hall–Kier alpha value is -2.74. The molecular weight excluding hydrogens is 430 g/mol. The number of hydrogen-bond acceptors (Lipinski definition) is 7. The molecule has 3 heterocycles. The molecule has 0 amide bonds. The molecule has 2 atom stereocenters. The van der Waals surface area contributed by atoms with Gasteiger partial charge in [0.1, 0.15) is 12.1 Å². The van der Waals surface area contributed by atoms with Crippen molar-refractivity contribution in [1.82, 2.24) is 20.2 Å². The second kappa shape index (κ2) is 9.63. The number of allylic oxidation sites excluding steroid dienone is 3. The number of nitrogens with one attached hydrogen (secondary N) is 2. The van der Waals surface area contributed by atoms with Gasteiger partial charge in [-0.3, -0.25) is 0 Å². The number of benzene rings is 1.